The molecule has 2 aromatic rings. The lowest BCUT2D eigenvalue weighted by Gasteiger charge is -2.39. The van der Waals surface area contributed by atoms with Crippen LogP contribution in [0.4, 0.5) is 0 Å². The van der Waals surface area contributed by atoms with Crippen molar-refractivity contribution in [2.24, 2.45) is 0 Å². The Bertz CT molecular complexity index is 828. The first-order valence-electron chi connectivity index (χ1n) is 10.2. The van der Waals surface area contributed by atoms with Crippen LogP contribution in [-0.4, -0.2) is 40.6 Å². The molecule has 0 aliphatic carbocycles. The van der Waals surface area contributed by atoms with Crippen molar-refractivity contribution in [1.29, 1.82) is 0 Å². The molecule has 2 N–H and O–H groups in total. The number of piperidine rings is 1. The molecule has 2 aliphatic heterocycles. The molecule has 2 fully saturated rings. The number of nitrogens with one attached hydrogen (secondary N) is 1. The number of fused-ring (bicyclic) bond motifs is 2. The number of aliphatic hydroxyl groups is 1. The van der Waals surface area contributed by atoms with Gasteiger partial charge in [0.15, 0.2) is 6.61 Å². The Balaban J connectivity index is 1.28. The van der Waals surface area contributed by atoms with Gasteiger partial charge in [-0.05, 0) is 49.4 Å². The molecule has 2 aromatic carbocycles. The Hall–Kier alpha value is -2.08. The molecule has 0 spiro atoms. The van der Waals surface area contributed by atoms with E-state index < -0.39 is 0 Å². The number of hydrogen-bond donors (Lipinski definition) is 2. The molecule has 0 aromatic heterocycles. The summed E-state index contributed by atoms with van der Waals surface area (Å²) in [6.45, 7) is 0.804. The van der Waals surface area contributed by atoms with Crippen LogP contribution >= 0.6 is 11.6 Å². The largest absolute Gasteiger partial charge is 0.483 e. The third kappa shape index (κ3) is 4.92. The number of amides is 1. The molecule has 0 saturated carbocycles. The first kappa shape index (κ1) is 20.2. The van der Waals surface area contributed by atoms with Crippen molar-refractivity contribution in [2.45, 2.75) is 57.0 Å². The number of benzene rings is 2. The highest BCUT2D eigenvalue weighted by atomic mass is 35.5. The summed E-state index contributed by atoms with van der Waals surface area (Å²) in [5, 5.41) is 13.3. The summed E-state index contributed by atoms with van der Waals surface area (Å²) in [6, 6.07) is 16.5. The van der Waals surface area contributed by atoms with Gasteiger partial charge in [-0.1, -0.05) is 41.9 Å². The van der Waals surface area contributed by atoms with Crippen LogP contribution in [0.3, 0.4) is 0 Å². The molecule has 29 heavy (non-hydrogen) atoms. The molecule has 154 valence electrons. The highest BCUT2D eigenvalue weighted by Crippen LogP contribution is 2.37. The average Bonchev–Trinajstić information content (AvgIpc) is 2.96. The van der Waals surface area contributed by atoms with Crippen LogP contribution in [0.25, 0.3) is 0 Å². The van der Waals surface area contributed by atoms with Gasteiger partial charge >= 0.3 is 0 Å². The van der Waals surface area contributed by atoms with E-state index in [0.29, 0.717) is 23.4 Å². The molecular formula is C23H27ClN2O3. The molecule has 2 aliphatic rings. The van der Waals surface area contributed by atoms with Gasteiger partial charge in [0, 0.05) is 35.3 Å². The monoisotopic (exact) mass is 414 g/mol. The van der Waals surface area contributed by atoms with E-state index in [1.54, 1.807) is 12.1 Å². The number of halogens is 1. The molecule has 2 heterocycles. The van der Waals surface area contributed by atoms with E-state index in [4.69, 9.17) is 16.3 Å². The number of aliphatic hydroxyl groups excluding tert-OH is 1. The van der Waals surface area contributed by atoms with E-state index in [1.807, 2.05) is 24.3 Å². The van der Waals surface area contributed by atoms with Crippen LogP contribution in [0.5, 0.6) is 5.75 Å². The third-order valence-electron chi connectivity index (χ3n) is 6.03. The number of ether oxygens (including phenoxy) is 1. The van der Waals surface area contributed by atoms with Gasteiger partial charge in [-0.2, -0.15) is 0 Å². The quantitative estimate of drug-likeness (QED) is 0.727. The zero-order valence-corrected chi connectivity index (χ0v) is 17.1. The normalized spacial score (nSPS) is 23.7. The molecule has 1 unspecified atom stereocenters. The summed E-state index contributed by atoms with van der Waals surface area (Å²) in [7, 11) is 0. The molecule has 5 nitrogen and oxygen atoms in total. The van der Waals surface area contributed by atoms with E-state index in [-0.39, 0.29) is 25.2 Å². The number of carbonyl (C=O) groups is 1. The van der Waals surface area contributed by atoms with Crippen LogP contribution < -0.4 is 10.1 Å². The molecule has 2 saturated heterocycles. The van der Waals surface area contributed by atoms with Gasteiger partial charge in [-0.3, -0.25) is 9.69 Å². The van der Waals surface area contributed by atoms with E-state index in [9.17, 15) is 9.90 Å². The molecule has 6 heteroatoms. The topological polar surface area (TPSA) is 61.8 Å². The molecule has 3 atom stereocenters. The first-order valence-corrected chi connectivity index (χ1v) is 10.6. The van der Waals surface area contributed by atoms with Crippen LogP contribution in [0.15, 0.2) is 48.5 Å². The lowest BCUT2D eigenvalue weighted by atomic mass is 9.96. The van der Waals surface area contributed by atoms with Gasteiger partial charge < -0.3 is 15.2 Å². The number of hydrogen-bond acceptors (Lipinski definition) is 4. The molecule has 2 bridgehead atoms. The summed E-state index contributed by atoms with van der Waals surface area (Å²) in [5.41, 5.74) is 1.97. The standard InChI is InChI=1S/C23H27ClN2O3/c24-18-7-5-16(6-8-18)13-26-20-9-10-21(26)12-19(11-20)25-23(28)15-29-22-4-2-1-3-17(22)14-27/h1-8,19-21,27H,9-15H2,(H,25,28)/t19?,20-,21+. The third-order valence-corrected chi connectivity index (χ3v) is 6.28. The van der Waals surface area contributed by atoms with Crippen molar-refractivity contribution in [1.82, 2.24) is 10.2 Å². The first-order chi connectivity index (χ1) is 14.1. The highest BCUT2D eigenvalue weighted by Gasteiger charge is 2.40. The Morgan fingerprint density at radius 3 is 2.48 bits per heavy atom. The lowest BCUT2D eigenvalue weighted by Crippen LogP contribution is -2.50. The maximum atomic E-state index is 12.4. The summed E-state index contributed by atoms with van der Waals surface area (Å²) in [6.07, 6.45) is 4.32. The minimum atomic E-state index is -0.104. The SMILES string of the molecule is O=C(COc1ccccc1CO)NC1C[C@H]2CC[C@@H](C1)N2Cc1ccc(Cl)cc1. The van der Waals surface area contributed by atoms with Gasteiger partial charge in [0.2, 0.25) is 0 Å². The van der Waals surface area contributed by atoms with Crippen LogP contribution in [0.1, 0.15) is 36.8 Å². The molecule has 0 radical (unpaired) electrons. The van der Waals surface area contributed by atoms with E-state index in [1.165, 1.54) is 18.4 Å². The fourth-order valence-electron chi connectivity index (χ4n) is 4.64. The van der Waals surface area contributed by atoms with Crippen LogP contribution in [0, 0.1) is 0 Å². The second-order valence-corrected chi connectivity index (χ2v) is 8.41. The molecule has 4 rings (SSSR count). The van der Waals surface area contributed by atoms with Crippen molar-refractivity contribution in [3.63, 3.8) is 0 Å². The smallest absolute Gasteiger partial charge is 0.258 e. The number of nitrogens with zero attached hydrogens (tertiary/aromatic N) is 1. The summed E-state index contributed by atoms with van der Waals surface area (Å²) in [5.74, 6) is 0.455. The Labute approximate surface area is 176 Å². The molecule has 1 amide bonds. The Morgan fingerprint density at radius 2 is 1.79 bits per heavy atom. The van der Waals surface area contributed by atoms with E-state index in [0.717, 1.165) is 24.4 Å². The van der Waals surface area contributed by atoms with Crippen molar-refractivity contribution < 1.29 is 14.6 Å². The average molecular weight is 415 g/mol. The maximum Gasteiger partial charge on any atom is 0.258 e. The van der Waals surface area contributed by atoms with Crippen LogP contribution in [-0.2, 0) is 17.9 Å². The fourth-order valence-corrected chi connectivity index (χ4v) is 4.76. The predicted molar refractivity (Wildman–Crippen MR) is 113 cm³/mol. The fraction of sp³-hybridized carbons (Fsp3) is 0.435. The van der Waals surface area contributed by atoms with Gasteiger partial charge in [0.1, 0.15) is 5.75 Å². The summed E-state index contributed by atoms with van der Waals surface area (Å²) < 4.78 is 5.62. The van der Waals surface area contributed by atoms with Gasteiger partial charge in [-0.25, -0.2) is 0 Å². The van der Waals surface area contributed by atoms with Crippen LogP contribution in [0.2, 0.25) is 5.02 Å². The zero-order chi connectivity index (χ0) is 20.2. The number of carbonyl (C=O) groups excluding carboxylic acids is 1. The van der Waals surface area contributed by atoms with E-state index >= 15 is 0 Å². The van der Waals surface area contributed by atoms with Crippen molar-refractivity contribution in [2.75, 3.05) is 6.61 Å². The zero-order valence-electron chi connectivity index (χ0n) is 16.4. The van der Waals surface area contributed by atoms with Crippen molar-refractivity contribution in [3.8, 4) is 5.75 Å². The maximum absolute atomic E-state index is 12.4. The highest BCUT2D eigenvalue weighted by molar-refractivity contribution is 6.30. The predicted octanol–water partition coefficient (Wildman–Crippen LogP) is 3.52. The Kier molecular flexibility index (Phi) is 6.38. The summed E-state index contributed by atoms with van der Waals surface area (Å²) in [4.78, 5) is 15.0. The molecular weight excluding hydrogens is 388 g/mol. The lowest BCUT2D eigenvalue weighted by molar-refractivity contribution is -0.124. The van der Waals surface area contributed by atoms with E-state index in [2.05, 4.69) is 22.3 Å². The number of para-hydroxylation sites is 1. The van der Waals surface area contributed by atoms with Crippen molar-refractivity contribution >= 4 is 17.5 Å². The van der Waals surface area contributed by atoms with Gasteiger partial charge in [0.05, 0.1) is 6.61 Å². The summed E-state index contributed by atoms with van der Waals surface area (Å²) >= 11 is 6.00. The second kappa shape index (κ2) is 9.16. The van der Waals surface area contributed by atoms with Gasteiger partial charge in [-0.15, -0.1) is 0 Å². The van der Waals surface area contributed by atoms with Crippen molar-refractivity contribution in [3.05, 3.63) is 64.7 Å². The Morgan fingerprint density at radius 1 is 1.10 bits per heavy atom. The second-order valence-electron chi connectivity index (χ2n) is 7.97. The number of rotatable bonds is 7. The minimum absolute atomic E-state index is 0.0304. The minimum Gasteiger partial charge on any atom is -0.483 e. The van der Waals surface area contributed by atoms with Gasteiger partial charge in [0.25, 0.3) is 5.91 Å².